The number of hydrogen-bond donors (Lipinski definition) is 0. The Morgan fingerprint density at radius 2 is 0.645 bits per heavy atom. The van der Waals surface area contributed by atoms with Crippen LogP contribution in [0.2, 0.25) is 0 Å². The fourth-order valence-electron chi connectivity index (χ4n) is 9.56. The lowest BCUT2D eigenvalue weighted by atomic mass is 9.81. The normalized spacial score (nSPS) is 12.5. The lowest BCUT2D eigenvalue weighted by Crippen LogP contribution is -2.17. The highest BCUT2D eigenvalue weighted by Gasteiger charge is 2.36. The first-order chi connectivity index (χ1) is 30.5. The van der Waals surface area contributed by atoms with Crippen molar-refractivity contribution < 1.29 is 0 Å². The molecule has 0 aromatic heterocycles. The number of nitrogens with zero attached hydrogens (tertiary/aromatic N) is 3. The highest BCUT2D eigenvalue weighted by molar-refractivity contribution is 6.10. The predicted molar refractivity (Wildman–Crippen MR) is 263 cm³/mol. The molecule has 62 heavy (non-hydrogen) atoms. The molecule has 3 heteroatoms. The van der Waals surface area contributed by atoms with Crippen molar-refractivity contribution in [2.45, 2.75) is 19.3 Å². The van der Waals surface area contributed by atoms with Crippen molar-refractivity contribution in [3.05, 3.63) is 248 Å². The van der Waals surface area contributed by atoms with Gasteiger partial charge >= 0.3 is 0 Å². The van der Waals surface area contributed by atoms with E-state index in [4.69, 9.17) is 0 Å². The van der Waals surface area contributed by atoms with Gasteiger partial charge in [-0.2, -0.15) is 0 Å². The van der Waals surface area contributed by atoms with Crippen LogP contribution in [-0.2, 0) is 5.41 Å². The Hall–Kier alpha value is -7.88. The van der Waals surface area contributed by atoms with E-state index in [0.717, 1.165) is 51.2 Å². The van der Waals surface area contributed by atoms with Gasteiger partial charge < -0.3 is 14.7 Å². The van der Waals surface area contributed by atoms with Crippen molar-refractivity contribution >= 4 is 72.7 Å². The standard InChI is InChI=1S/C59H45N3/c1-59(2)57-40-52(35-36-54(57)56-37-43-34-33-42-19-15-16-32-53(42)55(43)41-58(56)59)62(50-30-17-28-48(38-50)60(44-20-7-3-8-21-44)45-22-9-4-10-23-45)51-31-18-29-49(39-51)61(46-24-11-5-12-25-46)47-26-13-6-14-27-47/h3-41H,1-2H3. The Balaban J connectivity index is 1.10. The summed E-state index contributed by atoms with van der Waals surface area (Å²) in [6.45, 7) is 4.78. The zero-order valence-corrected chi connectivity index (χ0v) is 34.9. The summed E-state index contributed by atoms with van der Waals surface area (Å²) in [5.74, 6) is 0. The Labute approximate surface area is 364 Å². The number of anilines is 9. The maximum atomic E-state index is 2.46. The summed E-state index contributed by atoms with van der Waals surface area (Å²) in [5, 5.41) is 5.15. The summed E-state index contributed by atoms with van der Waals surface area (Å²) >= 11 is 0. The third-order valence-electron chi connectivity index (χ3n) is 12.5. The van der Waals surface area contributed by atoms with E-state index in [-0.39, 0.29) is 5.41 Å². The van der Waals surface area contributed by atoms with Gasteiger partial charge in [-0.15, -0.1) is 0 Å². The summed E-state index contributed by atoms with van der Waals surface area (Å²) in [6, 6.07) is 85.7. The van der Waals surface area contributed by atoms with E-state index in [9.17, 15) is 0 Å². The highest BCUT2D eigenvalue weighted by Crippen LogP contribution is 2.53. The van der Waals surface area contributed by atoms with Crippen LogP contribution in [0.4, 0.5) is 51.2 Å². The number of para-hydroxylation sites is 4. The molecule has 1 aliphatic rings. The average molecular weight is 796 g/mol. The summed E-state index contributed by atoms with van der Waals surface area (Å²) in [4.78, 5) is 7.10. The molecule has 0 amide bonds. The Morgan fingerprint density at radius 3 is 1.15 bits per heavy atom. The van der Waals surface area contributed by atoms with Gasteiger partial charge in [0.1, 0.15) is 0 Å². The van der Waals surface area contributed by atoms with E-state index in [1.54, 1.807) is 0 Å². The third-order valence-corrected chi connectivity index (χ3v) is 12.5. The second-order valence-electron chi connectivity index (χ2n) is 16.6. The van der Waals surface area contributed by atoms with E-state index < -0.39 is 0 Å². The molecule has 0 radical (unpaired) electrons. The first-order valence-electron chi connectivity index (χ1n) is 21.4. The molecule has 11 rings (SSSR count). The van der Waals surface area contributed by atoms with E-state index in [2.05, 4.69) is 265 Å². The SMILES string of the molecule is CC1(C)c2cc(N(c3cccc(N(c4ccccc4)c4ccccc4)c3)c3cccc(N(c4ccccc4)c4ccccc4)c3)ccc2-c2cc3ccc4ccccc4c3cc21. The molecule has 1 aliphatic carbocycles. The quantitative estimate of drug-likeness (QED) is 0.135. The Bertz CT molecular complexity index is 3010. The van der Waals surface area contributed by atoms with Crippen molar-refractivity contribution in [2.24, 2.45) is 0 Å². The molecule has 296 valence electrons. The molecule has 10 aromatic rings. The monoisotopic (exact) mass is 795 g/mol. The topological polar surface area (TPSA) is 9.72 Å². The van der Waals surface area contributed by atoms with Gasteiger partial charge in [-0.05, 0) is 153 Å². The smallest absolute Gasteiger partial charge is 0.0482 e. The van der Waals surface area contributed by atoms with Crippen LogP contribution in [0.3, 0.4) is 0 Å². The van der Waals surface area contributed by atoms with Crippen molar-refractivity contribution in [1.29, 1.82) is 0 Å². The molecule has 0 bridgehead atoms. The molecule has 0 fully saturated rings. The molecule has 0 atom stereocenters. The minimum atomic E-state index is -0.226. The molecule has 10 aromatic carbocycles. The zero-order valence-electron chi connectivity index (χ0n) is 34.9. The van der Waals surface area contributed by atoms with Crippen LogP contribution in [0.5, 0.6) is 0 Å². The number of hydrogen-bond acceptors (Lipinski definition) is 3. The average Bonchev–Trinajstić information content (AvgIpc) is 3.54. The Kier molecular flexibility index (Phi) is 9.17. The molecule has 0 heterocycles. The Morgan fingerprint density at radius 1 is 0.258 bits per heavy atom. The van der Waals surface area contributed by atoms with Crippen LogP contribution in [-0.4, -0.2) is 0 Å². The largest absolute Gasteiger partial charge is 0.310 e. The minimum absolute atomic E-state index is 0.226. The van der Waals surface area contributed by atoms with Gasteiger partial charge in [0.05, 0.1) is 0 Å². The summed E-state index contributed by atoms with van der Waals surface area (Å²) in [7, 11) is 0. The van der Waals surface area contributed by atoms with Gasteiger partial charge in [0.25, 0.3) is 0 Å². The number of rotatable bonds is 9. The van der Waals surface area contributed by atoms with E-state index in [1.807, 2.05) is 0 Å². The molecule has 0 N–H and O–H groups in total. The molecule has 0 saturated heterocycles. The fraction of sp³-hybridized carbons (Fsp3) is 0.0508. The van der Waals surface area contributed by atoms with Crippen LogP contribution in [0.15, 0.2) is 237 Å². The van der Waals surface area contributed by atoms with Crippen LogP contribution in [0.1, 0.15) is 25.0 Å². The van der Waals surface area contributed by atoms with Crippen molar-refractivity contribution in [3.8, 4) is 11.1 Å². The molecular formula is C59H45N3. The second kappa shape index (κ2) is 15.3. The fourth-order valence-corrected chi connectivity index (χ4v) is 9.56. The highest BCUT2D eigenvalue weighted by atomic mass is 15.2. The van der Waals surface area contributed by atoms with Crippen molar-refractivity contribution in [2.75, 3.05) is 14.7 Å². The van der Waals surface area contributed by atoms with Crippen LogP contribution >= 0.6 is 0 Å². The molecule has 0 spiro atoms. The van der Waals surface area contributed by atoms with Gasteiger partial charge in [-0.25, -0.2) is 0 Å². The van der Waals surface area contributed by atoms with Crippen LogP contribution < -0.4 is 14.7 Å². The van der Waals surface area contributed by atoms with E-state index >= 15 is 0 Å². The summed E-state index contributed by atoms with van der Waals surface area (Å²) in [5.41, 5.74) is 14.9. The maximum absolute atomic E-state index is 2.46. The van der Waals surface area contributed by atoms with Crippen LogP contribution in [0.25, 0.3) is 32.7 Å². The van der Waals surface area contributed by atoms with Gasteiger partial charge in [0, 0.05) is 56.6 Å². The first-order valence-corrected chi connectivity index (χ1v) is 21.4. The lowest BCUT2D eigenvalue weighted by Gasteiger charge is -2.31. The molecular weight excluding hydrogens is 751 g/mol. The van der Waals surface area contributed by atoms with E-state index in [0.29, 0.717) is 0 Å². The minimum Gasteiger partial charge on any atom is -0.310 e. The molecule has 0 unspecified atom stereocenters. The van der Waals surface area contributed by atoms with Crippen molar-refractivity contribution in [3.63, 3.8) is 0 Å². The third kappa shape index (κ3) is 6.47. The van der Waals surface area contributed by atoms with Gasteiger partial charge in [-0.1, -0.05) is 141 Å². The summed E-state index contributed by atoms with van der Waals surface area (Å²) < 4.78 is 0. The summed E-state index contributed by atoms with van der Waals surface area (Å²) in [6.07, 6.45) is 0. The maximum Gasteiger partial charge on any atom is 0.0482 e. The van der Waals surface area contributed by atoms with Crippen molar-refractivity contribution in [1.82, 2.24) is 0 Å². The van der Waals surface area contributed by atoms with Gasteiger partial charge in [-0.3, -0.25) is 0 Å². The molecule has 0 saturated carbocycles. The second-order valence-corrected chi connectivity index (χ2v) is 16.6. The predicted octanol–water partition coefficient (Wildman–Crippen LogP) is 16.7. The lowest BCUT2D eigenvalue weighted by molar-refractivity contribution is 0.661. The number of fused-ring (bicyclic) bond motifs is 6. The van der Waals surface area contributed by atoms with Crippen LogP contribution in [0, 0.1) is 0 Å². The number of benzene rings is 10. The first kappa shape index (κ1) is 37.1. The molecule has 3 nitrogen and oxygen atoms in total. The van der Waals surface area contributed by atoms with E-state index in [1.165, 1.54) is 43.8 Å². The van der Waals surface area contributed by atoms with Gasteiger partial charge in [0.15, 0.2) is 0 Å². The zero-order chi connectivity index (χ0) is 41.6. The van der Waals surface area contributed by atoms with Gasteiger partial charge in [0.2, 0.25) is 0 Å². The molecule has 0 aliphatic heterocycles.